The fourth-order valence-corrected chi connectivity index (χ4v) is 2.01. The highest BCUT2D eigenvalue weighted by Crippen LogP contribution is 2.26. The van der Waals surface area contributed by atoms with Crippen molar-refractivity contribution in [2.75, 3.05) is 5.32 Å². The van der Waals surface area contributed by atoms with Crippen LogP contribution in [-0.4, -0.2) is 15.7 Å². The van der Waals surface area contributed by atoms with Crippen molar-refractivity contribution in [1.29, 1.82) is 0 Å². The number of amides is 1. The van der Waals surface area contributed by atoms with Gasteiger partial charge in [0.1, 0.15) is 11.9 Å². The zero-order chi connectivity index (χ0) is 14.0. The first-order chi connectivity index (χ1) is 8.99. The fraction of sp³-hybridized carbons (Fsp3) is 0.167. The van der Waals surface area contributed by atoms with Crippen LogP contribution in [0, 0.1) is 5.82 Å². The number of aromatic nitrogens is 2. The van der Waals surface area contributed by atoms with E-state index in [0.29, 0.717) is 10.0 Å². The van der Waals surface area contributed by atoms with Gasteiger partial charge in [0.15, 0.2) is 0 Å². The summed E-state index contributed by atoms with van der Waals surface area (Å²) >= 11 is 3.17. The van der Waals surface area contributed by atoms with Crippen LogP contribution in [0.2, 0.25) is 0 Å². The molecule has 1 aromatic heterocycles. The number of anilines is 1. The molecule has 1 atom stereocenters. The highest BCUT2D eigenvalue weighted by atomic mass is 79.9. The van der Waals surface area contributed by atoms with Gasteiger partial charge in [-0.1, -0.05) is 6.07 Å². The van der Waals surface area contributed by atoms with Crippen LogP contribution in [0.3, 0.4) is 0 Å². The van der Waals surface area contributed by atoms with Gasteiger partial charge in [-0.2, -0.15) is 5.10 Å². The molecule has 2 aromatic rings. The van der Waals surface area contributed by atoms with E-state index in [4.69, 9.17) is 5.73 Å². The molecule has 1 heterocycles. The normalized spacial score (nSPS) is 12.2. The lowest BCUT2D eigenvalue weighted by Crippen LogP contribution is -2.28. The first kappa shape index (κ1) is 13.7. The summed E-state index contributed by atoms with van der Waals surface area (Å²) in [6.45, 7) is 0. The van der Waals surface area contributed by atoms with E-state index in [1.54, 1.807) is 24.0 Å². The highest BCUT2D eigenvalue weighted by Gasteiger charge is 2.19. The summed E-state index contributed by atoms with van der Waals surface area (Å²) in [7, 11) is 1.72. The number of carbonyl (C=O) groups excluding carboxylic acids is 1. The molecule has 1 aromatic carbocycles. The van der Waals surface area contributed by atoms with Gasteiger partial charge >= 0.3 is 0 Å². The summed E-state index contributed by atoms with van der Waals surface area (Å²) < 4.78 is 15.6. The Labute approximate surface area is 117 Å². The van der Waals surface area contributed by atoms with Crippen LogP contribution in [0.15, 0.2) is 35.1 Å². The molecule has 19 heavy (non-hydrogen) atoms. The predicted octanol–water partition coefficient (Wildman–Crippen LogP) is 1.96. The van der Waals surface area contributed by atoms with E-state index in [1.807, 2.05) is 0 Å². The number of aryl methyl sites for hydroxylation is 1. The second-order valence-corrected chi connectivity index (χ2v) is 4.87. The fourth-order valence-electron chi connectivity index (χ4n) is 1.57. The monoisotopic (exact) mass is 326 g/mol. The van der Waals surface area contributed by atoms with Gasteiger partial charge in [0, 0.05) is 23.3 Å². The van der Waals surface area contributed by atoms with Gasteiger partial charge in [-0.15, -0.1) is 0 Å². The Hall–Kier alpha value is -1.73. The molecule has 0 spiro atoms. The number of nitrogens with two attached hydrogens (primary N) is 1. The molecular formula is C12H12BrFN4O. The molecule has 3 N–H and O–H groups in total. The molecule has 0 aliphatic heterocycles. The standard InChI is InChI=1S/C12H12BrFN4O/c1-18-6-7(5-16-18)10(15)12(19)17-11-8(13)3-2-4-9(11)14/h2-6,10H,15H2,1H3,(H,17,19). The van der Waals surface area contributed by atoms with Crippen molar-refractivity contribution < 1.29 is 9.18 Å². The van der Waals surface area contributed by atoms with Crippen molar-refractivity contribution in [2.24, 2.45) is 12.8 Å². The Balaban J connectivity index is 2.17. The Kier molecular flexibility index (Phi) is 3.96. The van der Waals surface area contributed by atoms with E-state index in [9.17, 15) is 9.18 Å². The van der Waals surface area contributed by atoms with E-state index in [0.717, 1.165) is 0 Å². The lowest BCUT2D eigenvalue weighted by atomic mass is 10.1. The molecule has 100 valence electrons. The largest absolute Gasteiger partial charge is 0.321 e. The predicted molar refractivity (Wildman–Crippen MR) is 72.9 cm³/mol. The zero-order valence-electron chi connectivity index (χ0n) is 10.1. The van der Waals surface area contributed by atoms with Crippen molar-refractivity contribution in [3.63, 3.8) is 0 Å². The minimum atomic E-state index is -0.903. The maximum Gasteiger partial charge on any atom is 0.246 e. The maximum atomic E-state index is 13.6. The minimum absolute atomic E-state index is 0.0758. The SMILES string of the molecule is Cn1cc(C(N)C(=O)Nc2c(F)cccc2Br)cn1. The molecule has 0 saturated carbocycles. The molecule has 5 nitrogen and oxygen atoms in total. The van der Waals surface area contributed by atoms with Gasteiger partial charge in [-0.05, 0) is 28.1 Å². The molecule has 0 bridgehead atoms. The van der Waals surface area contributed by atoms with Gasteiger partial charge in [0.25, 0.3) is 0 Å². The van der Waals surface area contributed by atoms with Gasteiger partial charge in [0.2, 0.25) is 5.91 Å². The van der Waals surface area contributed by atoms with Crippen molar-refractivity contribution in [2.45, 2.75) is 6.04 Å². The Morgan fingerprint density at radius 1 is 1.58 bits per heavy atom. The number of halogens is 2. The molecule has 1 unspecified atom stereocenters. The average Bonchev–Trinajstić information content (AvgIpc) is 2.79. The molecule has 2 rings (SSSR count). The molecule has 0 radical (unpaired) electrons. The minimum Gasteiger partial charge on any atom is -0.321 e. The molecule has 7 heteroatoms. The van der Waals surface area contributed by atoms with E-state index in [1.165, 1.54) is 18.3 Å². The first-order valence-electron chi connectivity index (χ1n) is 5.48. The smallest absolute Gasteiger partial charge is 0.246 e. The third kappa shape index (κ3) is 2.99. The van der Waals surface area contributed by atoms with Gasteiger partial charge in [0.05, 0.1) is 11.9 Å². The van der Waals surface area contributed by atoms with E-state index < -0.39 is 17.8 Å². The Morgan fingerprint density at radius 3 is 2.89 bits per heavy atom. The van der Waals surface area contributed by atoms with Crippen LogP contribution >= 0.6 is 15.9 Å². The van der Waals surface area contributed by atoms with E-state index >= 15 is 0 Å². The second-order valence-electron chi connectivity index (χ2n) is 4.01. The Bertz CT molecular complexity index is 593. The molecule has 1 amide bonds. The molecule has 0 saturated heterocycles. The number of para-hydroxylation sites is 1. The number of hydrogen-bond donors (Lipinski definition) is 2. The number of nitrogens with zero attached hydrogens (tertiary/aromatic N) is 2. The van der Waals surface area contributed by atoms with Gasteiger partial charge < -0.3 is 11.1 Å². The molecule has 0 fully saturated rings. The van der Waals surface area contributed by atoms with Crippen LogP contribution in [0.25, 0.3) is 0 Å². The number of carbonyl (C=O) groups is 1. The summed E-state index contributed by atoms with van der Waals surface area (Å²) in [5, 5.41) is 6.40. The number of benzene rings is 1. The number of nitrogens with one attached hydrogen (secondary N) is 1. The van der Waals surface area contributed by atoms with E-state index in [-0.39, 0.29) is 5.69 Å². The van der Waals surface area contributed by atoms with Crippen LogP contribution in [-0.2, 0) is 11.8 Å². The molecular weight excluding hydrogens is 315 g/mol. The van der Waals surface area contributed by atoms with Crippen LogP contribution in [0.1, 0.15) is 11.6 Å². The average molecular weight is 327 g/mol. The zero-order valence-corrected chi connectivity index (χ0v) is 11.7. The summed E-state index contributed by atoms with van der Waals surface area (Å²) in [6, 6.07) is 3.53. The first-order valence-corrected chi connectivity index (χ1v) is 6.27. The lowest BCUT2D eigenvalue weighted by molar-refractivity contribution is -0.117. The maximum absolute atomic E-state index is 13.6. The summed E-state index contributed by atoms with van der Waals surface area (Å²) in [5.74, 6) is -1.03. The second kappa shape index (κ2) is 5.50. The summed E-state index contributed by atoms with van der Waals surface area (Å²) in [4.78, 5) is 12.0. The third-order valence-electron chi connectivity index (χ3n) is 2.58. The van der Waals surface area contributed by atoms with E-state index in [2.05, 4.69) is 26.3 Å². The number of hydrogen-bond acceptors (Lipinski definition) is 3. The van der Waals surface area contributed by atoms with Crippen LogP contribution in [0.4, 0.5) is 10.1 Å². The quantitative estimate of drug-likeness (QED) is 0.905. The Morgan fingerprint density at radius 2 is 2.32 bits per heavy atom. The number of rotatable bonds is 3. The van der Waals surface area contributed by atoms with Crippen molar-refractivity contribution in [3.05, 3.63) is 46.4 Å². The third-order valence-corrected chi connectivity index (χ3v) is 3.24. The summed E-state index contributed by atoms with van der Waals surface area (Å²) in [5.41, 5.74) is 6.43. The van der Waals surface area contributed by atoms with Gasteiger partial charge in [-0.3, -0.25) is 9.48 Å². The van der Waals surface area contributed by atoms with Crippen molar-refractivity contribution >= 4 is 27.5 Å². The van der Waals surface area contributed by atoms with Gasteiger partial charge in [-0.25, -0.2) is 4.39 Å². The summed E-state index contributed by atoms with van der Waals surface area (Å²) in [6.07, 6.45) is 3.14. The van der Waals surface area contributed by atoms with Crippen LogP contribution in [0.5, 0.6) is 0 Å². The lowest BCUT2D eigenvalue weighted by Gasteiger charge is -2.12. The van der Waals surface area contributed by atoms with Crippen molar-refractivity contribution in [3.8, 4) is 0 Å². The molecule has 0 aliphatic carbocycles. The highest BCUT2D eigenvalue weighted by molar-refractivity contribution is 9.10. The topological polar surface area (TPSA) is 72.9 Å². The van der Waals surface area contributed by atoms with Crippen LogP contribution < -0.4 is 11.1 Å². The molecule has 0 aliphatic rings. The van der Waals surface area contributed by atoms with Crippen molar-refractivity contribution in [1.82, 2.24) is 9.78 Å².